The number of piperidine rings is 1. The molecule has 1 aromatic rings. The number of allylic oxidation sites excluding steroid dienone is 1. The number of hydrogen-bond acceptors (Lipinski definition) is 3. The third-order valence-corrected chi connectivity index (χ3v) is 3.58. The highest BCUT2D eigenvalue weighted by Crippen LogP contribution is 2.32. The van der Waals surface area contributed by atoms with Gasteiger partial charge in [-0.3, -0.25) is 0 Å². The van der Waals surface area contributed by atoms with Gasteiger partial charge in [-0.15, -0.1) is 0 Å². The molecule has 1 fully saturated rings. The van der Waals surface area contributed by atoms with Crippen LogP contribution in [-0.4, -0.2) is 18.0 Å². The molecular formula is C14H18N2O. The number of likely N-dealkylation sites (tertiary alicyclic amines) is 1. The van der Waals surface area contributed by atoms with Crippen LogP contribution in [0.5, 0.6) is 5.75 Å². The van der Waals surface area contributed by atoms with Crippen LogP contribution in [0, 0.1) is 0 Å². The van der Waals surface area contributed by atoms with Crippen LogP contribution < -0.4 is 10.3 Å². The van der Waals surface area contributed by atoms with Gasteiger partial charge in [0.25, 0.3) is 0 Å². The number of nitrogens with one attached hydrogen (secondary N) is 1. The number of fused-ring (bicyclic) bond motifs is 1. The zero-order valence-electron chi connectivity index (χ0n) is 10.2. The molecule has 0 unspecified atom stereocenters. The lowest BCUT2D eigenvalue weighted by atomic mass is 10.0. The smallest absolute Gasteiger partial charge is 0.162 e. The van der Waals surface area contributed by atoms with Crippen molar-refractivity contribution in [1.29, 1.82) is 0 Å². The lowest BCUT2D eigenvalue weighted by molar-refractivity contribution is 0.155. The van der Waals surface area contributed by atoms with Gasteiger partial charge in [0.1, 0.15) is 5.82 Å². The molecule has 2 aliphatic heterocycles. The summed E-state index contributed by atoms with van der Waals surface area (Å²) in [6, 6.07) is 8.18. The van der Waals surface area contributed by atoms with E-state index >= 15 is 0 Å². The lowest BCUT2D eigenvalue weighted by Gasteiger charge is -2.34. The van der Waals surface area contributed by atoms with Gasteiger partial charge in [0.2, 0.25) is 0 Å². The third-order valence-electron chi connectivity index (χ3n) is 3.58. The second kappa shape index (κ2) is 4.32. The van der Waals surface area contributed by atoms with Crippen molar-refractivity contribution in [2.45, 2.75) is 26.2 Å². The molecule has 0 aromatic heterocycles. The Hall–Kier alpha value is -1.64. The molecule has 3 heteroatoms. The van der Waals surface area contributed by atoms with E-state index in [2.05, 4.69) is 29.4 Å². The zero-order valence-corrected chi connectivity index (χ0v) is 10.2. The molecule has 0 bridgehead atoms. The number of nitrogens with zero attached hydrogens (tertiary/aromatic N) is 1. The summed E-state index contributed by atoms with van der Waals surface area (Å²) in [6.45, 7) is 4.43. The quantitative estimate of drug-likeness (QED) is 0.803. The van der Waals surface area contributed by atoms with Gasteiger partial charge in [-0.1, -0.05) is 18.2 Å². The van der Waals surface area contributed by atoms with Crippen LogP contribution in [0.2, 0.25) is 0 Å². The van der Waals surface area contributed by atoms with Crippen molar-refractivity contribution in [1.82, 2.24) is 10.4 Å². The van der Waals surface area contributed by atoms with Gasteiger partial charge in [-0.2, -0.15) is 0 Å². The molecule has 17 heavy (non-hydrogen) atoms. The Morgan fingerprint density at radius 1 is 1.12 bits per heavy atom. The molecule has 2 heterocycles. The maximum absolute atomic E-state index is 5.61. The van der Waals surface area contributed by atoms with Gasteiger partial charge in [0.15, 0.2) is 5.75 Å². The second-order valence-corrected chi connectivity index (χ2v) is 4.72. The van der Waals surface area contributed by atoms with Crippen molar-refractivity contribution in [2.75, 3.05) is 13.1 Å². The van der Waals surface area contributed by atoms with Gasteiger partial charge in [0, 0.05) is 24.2 Å². The van der Waals surface area contributed by atoms with E-state index in [9.17, 15) is 0 Å². The SMILES string of the molecule is CC1=C(N2CCCCC2)NOc2ccccc21. The molecule has 1 aromatic carbocycles. The van der Waals surface area contributed by atoms with Crippen LogP contribution in [0.3, 0.4) is 0 Å². The minimum absolute atomic E-state index is 0.922. The first-order valence-electron chi connectivity index (χ1n) is 6.34. The van der Waals surface area contributed by atoms with Gasteiger partial charge in [0.05, 0.1) is 0 Å². The summed E-state index contributed by atoms with van der Waals surface area (Å²) in [6.07, 6.45) is 3.90. The average molecular weight is 230 g/mol. The summed E-state index contributed by atoms with van der Waals surface area (Å²) in [7, 11) is 0. The lowest BCUT2D eigenvalue weighted by Crippen LogP contribution is -2.39. The van der Waals surface area contributed by atoms with E-state index in [0.717, 1.165) is 24.7 Å². The van der Waals surface area contributed by atoms with E-state index in [0.29, 0.717) is 0 Å². The predicted octanol–water partition coefficient (Wildman–Crippen LogP) is 2.76. The molecule has 0 radical (unpaired) electrons. The highest BCUT2D eigenvalue weighted by molar-refractivity contribution is 5.72. The minimum atomic E-state index is 0.922. The van der Waals surface area contributed by atoms with Gasteiger partial charge in [-0.05, 0) is 32.3 Å². The fourth-order valence-corrected chi connectivity index (χ4v) is 2.59. The van der Waals surface area contributed by atoms with Crippen LogP contribution in [0.15, 0.2) is 30.1 Å². The van der Waals surface area contributed by atoms with Crippen molar-refractivity contribution in [3.05, 3.63) is 35.6 Å². The van der Waals surface area contributed by atoms with E-state index in [-0.39, 0.29) is 0 Å². The van der Waals surface area contributed by atoms with Crippen molar-refractivity contribution in [3.8, 4) is 5.75 Å². The van der Waals surface area contributed by atoms with Crippen molar-refractivity contribution >= 4 is 5.57 Å². The van der Waals surface area contributed by atoms with Crippen LogP contribution >= 0.6 is 0 Å². The minimum Gasteiger partial charge on any atom is -0.380 e. The first-order chi connectivity index (χ1) is 8.36. The van der Waals surface area contributed by atoms with Crippen molar-refractivity contribution < 1.29 is 4.84 Å². The first kappa shape index (κ1) is 10.5. The van der Waals surface area contributed by atoms with Gasteiger partial charge < -0.3 is 9.74 Å². The molecule has 0 atom stereocenters. The van der Waals surface area contributed by atoms with E-state index in [1.165, 1.54) is 30.4 Å². The van der Waals surface area contributed by atoms with Crippen LogP contribution in [0.1, 0.15) is 31.7 Å². The number of hydroxylamine groups is 1. The van der Waals surface area contributed by atoms with Crippen LogP contribution in [0.4, 0.5) is 0 Å². The predicted molar refractivity (Wildman–Crippen MR) is 68.2 cm³/mol. The number of para-hydroxylation sites is 1. The Morgan fingerprint density at radius 2 is 1.88 bits per heavy atom. The molecule has 0 saturated carbocycles. The monoisotopic (exact) mass is 230 g/mol. The Kier molecular flexibility index (Phi) is 2.67. The summed E-state index contributed by atoms with van der Waals surface area (Å²) in [5.41, 5.74) is 5.59. The largest absolute Gasteiger partial charge is 0.380 e. The Morgan fingerprint density at radius 3 is 2.71 bits per heavy atom. The number of benzene rings is 1. The van der Waals surface area contributed by atoms with Crippen LogP contribution in [0.25, 0.3) is 5.57 Å². The summed E-state index contributed by atoms with van der Waals surface area (Å²) in [5, 5.41) is 0. The Labute approximate surface area is 102 Å². The maximum atomic E-state index is 5.61. The summed E-state index contributed by atoms with van der Waals surface area (Å²) in [4.78, 5) is 8.01. The molecule has 0 amide bonds. The first-order valence-corrected chi connectivity index (χ1v) is 6.34. The van der Waals surface area contributed by atoms with E-state index in [1.54, 1.807) is 0 Å². The fourth-order valence-electron chi connectivity index (χ4n) is 2.59. The molecule has 0 spiro atoms. The zero-order chi connectivity index (χ0) is 11.7. The highest BCUT2D eigenvalue weighted by Gasteiger charge is 2.22. The molecule has 2 aliphatic rings. The molecule has 0 aliphatic carbocycles. The third kappa shape index (κ3) is 1.86. The van der Waals surface area contributed by atoms with E-state index in [1.807, 2.05) is 12.1 Å². The van der Waals surface area contributed by atoms with Gasteiger partial charge >= 0.3 is 0 Å². The van der Waals surface area contributed by atoms with Crippen molar-refractivity contribution in [3.63, 3.8) is 0 Å². The number of rotatable bonds is 1. The topological polar surface area (TPSA) is 24.5 Å². The molecule has 3 nitrogen and oxygen atoms in total. The summed E-state index contributed by atoms with van der Waals surface area (Å²) < 4.78 is 0. The molecule has 1 N–H and O–H groups in total. The number of hydrogen-bond donors (Lipinski definition) is 1. The summed E-state index contributed by atoms with van der Waals surface area (Å²) in [5.74, 6) is 2.06. The second-order valence-electron chi connectivity index (χ2n) is 4.72. The summed E-state index contributed by atoms with van der Waals surface area (Å²) >= 11 is 0. The molecule has 1 saturated heterocycles. The maximum Gasteiger partial charge on any atom is 0.162 e. The molecular weight excluding hydrogens is 212 g/mol. The van der Waals surface area contributed by atoms with E-state index < -0.39 is 0 Å². The standard InChI is InChI=1S/C14H18N2O/c1-11-12-7-3-4-8-13(12)17-15-14(11)16-9-5-2-6-10-16/h3-4,7-8,15H,2,5-6,9-10H2,1H3. The van der Waals surface area contributed by atoms with Gasteiger partial charge in [-0.25, -0.2) is 5.48 Å². The van der Waals surface area contributed by atoms with Crippen LogP contribution in [-0.2, 0) is 0 Å². The average Bonchev–Trinajstić information content (AvgIpc) is 2.40. The molecule has 3 rings (SSSR count). The molecule has 90 valence electrons. The van der Waals surface area contributed by atoms with E-state index in [4.69, 9.17) is 4.84 Å². The fraction of sp³-hybridized carbons (Fsp3) is 0.429. The normalized spacial score (nSPS) is 19.5. The highest BCUT2D eigenvalue weighted by atomic mass is 16.6. The van der Waals surface area contributed by atoms with Crippen molar-refractivity contribution in [2.24, 2.45) is 0 Å². The Balaban J connectivity index is 1.95. The Bertz CT molecular complexity index is 447.